The van der Waals surface area contributed by atoms with Gasteiger partial charge in [-0.25, -0.2) is 4.79 Å². The Morgan fingerprint density at radius 2 is 2.05 bits per heavy atom. The normalized spacial score (nSPS) is 10.7. The molecule has 0 fully saturated rings. The molecule has 0 saturated heterocycles. The van der Waals surface area contributed by atoms with Crippen LogP contribution in [0.15, 0.2) is 12.1 Å². The van der Waals surface area contributed by atoms with E-state index in [-0.39, 0.29) is 17.7 Å². The van der Waals surface area contributed by atoms with Crippen molar-refractivity contribution >= 4 is 5.97 Å². The number of benzene rings is 1. The molecule has 0 aliphatic rings. The molecule has 0 aliphatic carbocycles. The number of nitriles is 1. The number of hydrogen-bond acceptors (Lipinski definition) is 4. The molecular formula is C12H10F3NO3. The highest BCUT2D eigenvalue weighted by Gasteiger charge is 2.34. The average molecular weight is 273 g/mol. The van der Waals surface area contributed by atoms with E-state index in [1.54, 1.807) is 13.0 Å². The van der Waals surface area contributed by atoms with Gasteiger partial charge in [-0.2, -0.15) is 5.26 Å². The van der Waals surface area contributed by atoms with E-state index in [4.69, 9.17) is 5.26 Å². The van der Waals surface area contributed by atoms with E-state index in [9.17, 15) is 18.0 Å². The summed E-state index contributed by atoms with van der Waals surface area (Å²) in [6, 6.07) is 4.03. The van der Waals surface area contributed by atoms with Crippen molar-refractivity contribution in [1.29, 1.82) is 5.26 Å². The Labute approximate surface area is 107 Å². The van der Waals surface area contributed by atoms with Gasteiger partial charge in [0.25, 0.3) is 0 Å². The van der Waals surface area contributed by atoms with E-state index in [0.29, 0.717) is 0 Å². The van der Waals surface area contributed by atoms with Crippen molar-refractivity contribution in [3.05, 3.63) is 28.8 Å². The van der Waals surface area contributed by atoms with Crippen molar-refractivity contribution in [2.45, 2.75) is 20.2 Å². The second kappa shape index (κ2) is 5.61. The lowest BCUT2D eigenvalue weighted by molar-refractivity contribution is -0.275. The third-order valence-corrected chi connectivity index (χ3v) is 2.18. The molecule has 1 aromatic carbocycles. The predicted octanol–water partition coefficient (Wildman–Crippen LogP) is 2.94. The van der Waals surface area contributed by atoms with Gasteiger partial charge in [0.05, 0.1) is 12.2 Å². The van der Waals surface area contributed by atoms with Gasteiger partial charge >= 0.3 is 12.3 Å². The Hall–Kier alpha value is -2.23. The van der Waals surface area contributed by atoms with E-state index < -0.39 is 23.6 Å². The number of hydrogen-bond donors (Lipinski definition) is 0. The lowest BCUT2D eigenvalue weighted by Crippen LogP contribution is -2.19. The van der Waals surface area contributed by atoms with E-state index >= 15 is 0 Å². The number of carbonyl (C=O) groups is 1. The number of esters is 1. The highest BCUT2D eigenvalue weighted by molar-refractivity contribution is 5.93. The molecule has 1 aromatic rings. The Balaban J connectivity index is 3.34. The van der Waals surface area contributed by atoms with Crippen LogP contribution in [0.4, 0.5) is 13.2 Å². The van der Waals surface area contributed by atoms with Crippen LogP contribution in [0.1, 0.15) is 28.4 Å². The molecule has 19 heavy (non-hydrogen) atoms. The summed E-state index contributed by atoms with van der Waals surface area (Å²) in [5.74, 6) is -1.55. The van der Waals surface area contributed by atoms with Crippen LogP contribution in [-0.2, 0) is 4.74 Å². The minimum Gasteiger partial charge on any atom is -0.462 e. The molecule has 4 nitrogen and oxygen atoms in total. The Morgan fingerprint density at radius 3 is 2.53 bits per heavy atom. The van der Waals surface area contributed by atoms with E-state index in [2.05, 4.69) is 9.47 Å². The van der Waals surface area contributed by atoms with Crippen molar-refractivity contribution in [2.75, 3.05) is 6.61 Å². The number of aryl methyl sites for hydroxylation is 1. The SMILES string of the molecule is CCOC(=O)c1ccc(C)c(OC(F)(F)F)c1C#N. The van der Waals surface area contributed by atoms with Gasteiger partial charge in [-0.3, -0.25) is 0 Å². The first kappa shape index (κ1) is 14.8. The first-order valence-corrected chi connectivity index (χ1v) is 5.26. The molecule has 0 saturated carbocycles. The third kappa shape index (κ3) is 3.61. The first-order chi connectivity index (χ1) is 8.80. The van der Waals surface area contributed by atoms with Crippen LogP contribution >= 0.6 is 0 Å². The zero-order chi connectivity index (χ0) is 14.6. The molecule has 0 amide bonds. The fraction of sp³-hybridized carbons (Fsp3) is 0.333. The number of nitrogens with zero attached hydrogens (tertiary/aromatic N) is 1. The zero-order valence-corrected chi connectivity index (χ0v) is 10.2. The summed E-state index contributed by atoms with van der Waals surface area (Å²) in [6.45, 7) is 2.94. The first-order valence-electron chi connectivity index (χ1n) is 5.26. The quantitative estimate of drug-likeness (QED) is 0.794. The molecule has 0 aliphatic heterocycles. The van der Waals surface area contributed by atoms with Crippen LogP contribution in [0, 0.1) is 18.3 Å². The number of carbonyl (C=O) groups excluding carboxylic acids is 1. The summed E-state index contributed by atoms with van der Waals surface area (Å²) in [5.41, 5.74) is -0.646. The maximum atomic E-state index is 12.3. The molecule has 0 spiro atoms. The Bertz CT molecular complexity index is 532. The summed E-state index contributed by atoms with van der Waals surface area (Å²) in [4.78, 5) is 11.5. The summed E-state index contributed by atoms with van der Waals surface area (Å²) in [5, 5.41) is 8.93. The highest BCUT2D eigenvalue weighted by atomic mass is 19.4. The summed E-state index contributed by atoms with van der Waals surface area (Å²) >= 11 is 0. The minimum absolute atomic E-state index is 0.0487. The maximum absolute atomic E-state index is 12.3. The van der Waals surface area contributed by atoms with Gasteiger partial charge in [0.1, 0.15) is 11.6 Å². The monoisotopic (exact) mass is 273 g/mol. The van der Waals surface area contributed by atoms with Crippen LogP contribution in [0.5, 0.6) is 5.75 Å². The molecule has 0 bridgehead atoms. The number of rotatable bonds is 3. The van der Waals surface area contributed by atoms with E-state index in [1.807, 2.05) is 0 Å². The predicted molar refractivity (Wildman–Crippen MR) is 58.5 cm³/mol. The second-order valence-electron chi connectivity index (χ2n) is 3.51. The van der Waals surface area contributed by atoms with Gasteiger partial charge in [0, 0.05) is 0 Å². The summed E-state index contributed by atoms with van der Waals surface area (Å²) in [7, 11) is 0. The molecule has 0 N–H and O–H groups in total. The zero-order valence-electron chi connectivity index (χ0n) is 10.2. The van der Waals surface area contributed by atoms with Crippen LogP contribution in [-0.4, -0.2) is 18.9 Å². The van der Waals surface area contributed by atoms with Crippen LogP contribution in [0.3, 0.4) is 0 Å². The van der Waals surface area contributed by atoms with Crippen LogP contribution < -0.4 is 4.74 Å². The van der Waals surface area contributed by atoms with Crippen molar-refractivity contribution in [1.82, 2.24) is 0 Å². The summed E-state index contributed by atoms with van der Waals surface area (Å²) in [6.07, 6.45) is -4.94. The molecule has 0 aromatic heterocycles. The fourth-order valence-electron chi connectivity index (χ4n) is 1.42. The Kier molecular flexibility index (Phi) is 4.38. The van der Waals surface area contributed by atoms with Gasteiger partial charge in [0.2, 0.25) is 0 Å². The van der Waals surface area contributed by atoms with Gasteiger partial charge in [-0.15, -0.1) is 13.2 Å². The Morgan fingerprint density at radius 1 is 1.42 bits per heavy atom. The van der Waals surface area contributed by atoms with Crippen LogP contribution in [0.25, 0.3) is 0 Å². The van der Waals surface area contributed by atoms with Gasteiger partial charge in [-0.1, -0.05) is 6.07 Å². The fourth-order valence-corrected chi connectivity index (χ4v) is 1.42. The maximum Gasteiger partial charge on any atom is 0.573 e. The summed E-state index contributed by atoms with van der Waals surface area (Å²) < 4.78 is 45.3. The molecule has 1 rings (SSSR count). The standard InChI is InChI=1S/C12H10F3NO3/c1-3-18-11(17)8-5-4-7(2)10(9(8)6-16)19-12(13,14)15/h4-5H,3H2,1-2H3. The van der Waals surface area contributed by atoms with Gasteiger partial charge in [0.15, 0.2) is 5.75 Å². The topological polar surface area (TPSA) is 59.3 Å². The lowest BCUT2D eigenvalue weighted by atomic mass is 10.0. The molecule has 0 atom stereocenters. The molecule has 0 radical (unpaired) electrons. The van der Waals surface area contributed by atoms with Crippen molar-refractivity contribution in [3.63, 3.8) is 0 Å². The molecule has 102 valence electrons. The van der Waals surface area contributed by atoms with E-state index in [1.165, 1.54) is 19.1 Å². The molecule has 0 heterocycles. The van der Waals surface area contributed by atoms with E-state index in [0.717, 1.165) is 0 Å². The number of alkyl halides is 3. The van der Waals surface area contributed by atoms with Crippen molar-refractivity contribution in [3.8, 4) is 11.8 Å². The average Bonchev–Trinajstić information content (AvgIpc) is 2.30. The minimum atomic E-state index is -4.94. The van der Waals surface area contributed by atoms with Crippen LogP contribution in [0.2, 0.25) is 0 Å². The number of halogens is 3. The number of ether oxygens (including phenoxy) is 2. The lowest BCUT2D eigenvalue weighted by Gasteiger charge is -2.14. The van der Waals surface area contributed by atoms with Crippen molar-refractivity contribution in [2.24, 2.45) is 0 Å². The molecule has 7 heteroatoms. The van der Waals surface area contributed by atoms with Gasteiger partial charge in [-0.05, 0) is 25.5 Å². The third-order valence-electron chi connectivity index (χ3n) is 2.18. The van der Waals surface area contributed by atoms with Gasteiger partial charge < -0.3 is 9.47 Å². The van der Waals surface area contributed by atoms with Crippen molar-refractivity contribution < 1.29 is 27.4 Å². The molecular weight excluding hydrogens is 263 g/mol. The molecule has 0 unspecified atom stereocenters. The smallest absolute Gasteiger partial charge is 0.462 e. The largest absolute Gasteiger partial charge is 0.573 e. The highest BCUT2D eigenvalue weighted by Crippen LogP contribution is 2.31. The second-order valence-corrected chi connectivity index (χ2v) is 3.51.